The van der Waals surface area contributed by atoms with Gasteiger partial charge in [0, 0.05) is 12.1 Å². The molecule has 2 nitrogen and oxygen atoms in total. The van der Waals surface area contributed by atoms with Gasteiger partial charge in [0.2, 0.25) is 0 Å². The maximum atomic E-state index is 3.52. The average molecular weight is 283 g/mol. The van der Waals surface area contributed by atoms with Crippen molar-refractivity contribution in [2.75, 3.05) is 19.6 Å². The molecule has 0 aliphatic heterocycles. The van der Waals surface area contributed by atoms with E-state index in [4.69, 9.17) is 0 Å². The molecular weight excluding hydrogens is 244 g/mol. The summed E-state index contributed by atoms with van der Waals surface area (Å²) in [5.41, 5.74) is 0. The predicted molar refractivity (Wildman–Crippen MR) is 90.3 cm³/mol. The molecule has 0 bridgehead atoms. The second kappa shape index (κ2) is 10.6. The van der Waals surface area contributed by atoms with Crippen LogP contribution < -0.4 is 5.32 Å². The third-order valence-electron chi connectivity index (χ3n) is 4.51. The summed E-state index contributed by atoms with van der Waals surface area (Å²) in [6, 6.07) is 1.54. The third-order valence-corrected chi connectivity index (χ3v) is 4.51. The van der Waals surface area contributed by atoms with Crippen LogP contribution in [0, 0.1) is 5.92 Å². The van der Waals surface area contributed by atoms with Gasteiger partial charge in [-0.3, -0.25) is 0 Å². The van der Waals surface area contributed by atoms with Crippen molar-refractivity contribution in [1.82, 2.24) is 10.2 Å². The molecule has 1 fully saturated rings. The van der Waals surface area contributed by atoms with Gasteiger partial charge in [-0.05, 0) is 57.7 Å². The number of rotatable bonds is 11. The van der Waals surface area contributed by atoms with Crippen molar-refractivity contribution in [3.63, 3.8) is 0 Å². The van der Waals surface area contributed by atoms with Crippen LogP contribution in [0.3, 0.4) is 0 Å². The summed E-state index contributed by atoms with van der Waals surface area (Å²) in [5.74, 6) is 0.842. The van der Waals surface area contributed by atoms with E-state index in [-0.39, 0.29) is 0 Å². The minimum Gasteiger partial charge on any atom is -0.315 e. The molecule has 0 heterocycles. The highest BCUT2D eigenvalue weighted by atomic mass is 15.2. The Balaban J connectivity index is 2.15. The van der Waals surface area contributed by atoms with E-state index in [1.165, 1.54) is 71.0 Å². The molecule has 0 unspecified atom stereocenters. The largest absolute Gasteiger partial charge is 0.315 e. The number of hydrogen-bond acceptors (Lipinski definition) is 2. The molecule has 0 amide bonds. The molecule has 0 spiro atoms. The van der Waals surface area contributed by atoms with Crippen molar-refractivity contribution >= 4 is 0 Å². The lowest BCUT2D eigenvalue weighted by Gasteiger charge is -2.29. The molecule has 20 heavy (non-hydrogen) atoms. The number of nitrogens with one attached hydrogen (secondary N) is 1. The second-order valence-electron chi connectivity index (χ2n) is 7.33. The predicted octanol–water partition coefficient (Wildman–Crippen LogP) is 4.45. The van der Waals surface area contributed by atoms with Gasteiger partial charge in [-0.15, -0.1) is 0 Å². The fraction of sp³-hybridized carbons (Fsp3) is 1.00. The molecule has 0 aromatic rings. The zero-order valence-corrected chi connectivity index (χ0v) is 14.5. The third kappa shape index (κ3) is 8.26. The maximum Gasteiger partial charge on any atom is 0.00952 e. The van der Waals surface area contributed by atoms with Crippen LogP contribution in [0.5, 0.6) is 0 Å². The number of nitrogens with zero attached hydrogens (tertiary/aromatic N) is 1. The topological polar surface area (TPSA) is 15.3 Å². The first-order valence-corrected chi connectivity index (χ1v) is 9.07. The Hall–Kier alpha value is -0.0800. The van der Waals surface area contributed by atoms with E-state index in [1.54, 1.807) is 0 Å². The Morgan fingerprint density at radius 1 is 0.950 bits per heavy atom. The summed E-state index contributed by atoms with van der Waals surface area (Å²) >= 11 is 0. The van der Waals surface area contributed by atoms with Gasteiger partial charge in [-0.2, -0.15) is 0 Å². The molecule has 0 atom stereocenters. The Kier molecular flexibility index (Phi) is 9.54. The molecule has 1 N–H and O–H groups in total. The molecule has 0 aromatic carbocycles. The Morgan fingerprint density at radius 2 is 1.65 bits per heavy atom. The van der Waals surface area contributed by atoms with E-state index in [2.05, 4.69) is 37.9 Å². The SMILES string of the molecule is CC(C)CCN(CCCCCNC(C)C)C1CCCC1. The molecule has 0 saturated heterocycles. The summed E-state index contributed by atoms with van der Waals surface area (Å²) in [4.78, 5) is 2.81. The fourth-order valence-corrected chi connectivity index (χ4v) is 3.18. The van der Waals surface area contributed by atoms with E-state index in [0.29, 0.717) is 6.04 Å². The molecule has 1 aliphatic carbocycles. The first-order valence-electron chi connectivity index (χ1n) is 9.07. The molecule has 0 radical (unpaired) electrons. The first-order chi connectivity index (χ1) is 9.59. The zero-order valence-electron chi connectivity index (χ0n) is 14.5. The Labute approximate surface area is 127 Å². The van der Waals surface area contributed by atoms with Crippen LogP contribution in [-0.2, 0) is 0 Å². The zero-order chi connectivity index (χ0) is 14.8. The van der Waals surface area contributed by atoms with Crippen LogP contribution in [0.4, 0.5) is 0 Å². The Morgan fingerprint density at radius 3 is 2.25 bits per heavy atom. The molecule has 1 rings (SSSR count). The summed E-state index contributed by atoms with van der Waals surface area (Å²) in [7, 11) is 0. The smallest absolute Gasteiger partial charge is 0.00952 e. The van der Waals surface area contributed by atoms with Crippen molar-refractivity contribution in [3.8, 4) is 0 Å². The van der Waals surface area contributed by atoms with Crippen LogP contribution in [0.25, 0.3) is 0 Å². The summed E-state index contributed by atoms with van der Waals surface area (Å²) in [6.07, 6.45) is 11.3. The lowest BCUT2D eigenvalue weighted by atomic mass is 10.1. The van der Waals surface area contributed by atoms with Gasteiger partial charge in [-0.1, -0.05) is 47.0 Å². The van der Waals surface area contributed by atoms with Gasteiger partial charge in [0.1, 0.15) is 0 Å². The summed E-state index contributed by atoms with van der Waals surface area (Å²) in [6.45, 7) is 13.0. The Bertz CT molecular complexity index is 219. The monoisotopic (exact) mass is 282 g/mol. The minimum atomic E-state index is 0.635. The van der Waals surface area contributed by atoms with Crippen molar-refractivity contribution in [1.29, 1.82) is 0 Å². The molecule has 2 heteroatoms. The lowest BCUT2D eigenvalue weighted by molar-refractivity contribution is 0.184. The van der Waals surface area contributed by atoms with Gasteiger partial charge >= 0.3 is 0 Å². The van der Waals surface area contributed by atoms with Crippen molar-refractivity contribution in [2.45, 2.75) is 91.1 Å². The normalized spacial score (nSPS) is 16.9. The lowest BCUT2D eigenvalue weighted by Crippen LogP contribution is -2.35. The van der Waals surface area contributed by atoms with E-state index in [0.717, 1.165) is 12.0 Å². The highest BCUT2D eigenvalue weighted by Crippen LogP contribution is 2.24. The van der Waals surface area contributed by atoms with E-state index >= 15 is 0 Å². The highest BCUT2D eigenvalue weighted by Gasteiger charge is 2.21. The average Bonchev–Trinajstić information content (AvgIpc) is 2.90. The van der Waals surface area contributed by atoms with E-state index < -0.39 is 0 Å². The van der Waals surface area contributed by atoms with E-state index in [1.807, 2.05) is 0 Å². The van der Waals surface area contributed by atoms with Crippen LogP contribution in [0.15, 0.2) is 0 Å². The van der Waals surface area contributed by atoms with Crippen molar-refractivity contribution < 1.29 is 0 Å². The fourth-order valence-electron chi connectivity index (χ4n) is 3.18. The molecule has 1 saturated carbocycles. The minimum absolute atomic E-state index is 0.635. The highest BCUT2D eigenvalue weighted by molar-refractivity contribution is 4.77. The van der Waals surface area contributed by atoms with Gasteiger partial charge in [-0.25, -0.2) is 0 Å². The van der Waals surface area contributed by atoms with E-state index in [9.17, 15) is 0 Å². The van der Waals surface area contributed by atoms with Crippen molar-refractivity contribution in [3.05, 3.63) is 0 Å². The van der Waals surface area contributed by atoms with Crippen LogP contribution in [-0.4, -0.2) is 36.6 Å². The second-order valence-corrected chi connectivity index (χ2v) is 7.33. The van der Waals surface area contributed by atoms with Crippen molar-refractivity contribution in [2.24, 2.45) is 5.92 Å². The number of hydrogen-bond donors (Lipinski definition) is 1. The number of unbranched alkanes of at least 4 members (excludes halogenated alkanes) is 2. The van der Waals surface area contributed by atoms with Gasteiger partial charge in [0.05, 0.1) is 0 Å². The molecular formula is C18H38N2. The van der Waals surface area contributed by atoms with Gasteiger partial charge in [0.15, 0.2) is 0 Å². The molecule has 0 aromatic heterocycles. The molecule has 1 aliphatic rings. The standard InChI is InChI=1S/C18H38N2/c1-16(2)12-15-20(18-10-6-7-11-18)14-9-5-8-13-19-17(3)4/h16-19H,5-15H2,1-4H3. The van der Waals surface area contributed by atoms with Crippen LogP contribution in [0.1, 0.15) is 79.1 Å². The van der Waals surface area contributed by atoms with Gasteiger partial charge < -0.3 is 10.2 Å². The quantitative estimate of drug-likeness (QED) is 0.563. The van der Waals surface area contributed by atoms with Crippen LogP contribution in [0.2, 0.25) is 0 Å². The van der Waals surface area contributed by atoms with Gasteiger partial charge in [0.25, 0.3) is 0 Å². The molecule has 120 valence electrons. The van der Waals surface area contributed by atoms with Crippen LogP contribution >= 0.6 is 0 Å². The summed E-state index contributed by atoms with van der Waals surface area (Å²) in [5, 5.41) is 3.52. The summed E-state index contributed by atoms with van der Waals surface area (Å²) < 4.78 is 0. The first kappa shape index (κ1) is 18.0. The maximum absolute atomic E-state index is 3.52.